The molecule has 0 radical (unpaired) electrons. The molecular formula is C16H11N5OS. The van der Waals surface area contributed by atoms with Crippen LogP contribution in [0.4, 0.5) is 5.69 Å². The Balaban J connectivity index is 1.90. The van der Waals surface area contributed by atoms with Gasteiger partial charge in [-0.1, -0.05) is 53.8 Å². The SMILES string of the molecule is Nc1cccc(-c2nn3c(=O)c(-c4ccccc4)nnc3s2)c1. The molecule has 0 aliphatic rings. The summed E-state index contributed by atoms with van der Waals surface area (Å²) in [5.74, 6) is 0. The number of benzene rings is 2. The van der Waals surface area contributed by atoms with Crippen LogP contribution < -0.4 is 11.3 Å². The first-order chi connectivity index (χ1) is 11.2. The molecule has 4 aromatic rings. The van der Waals surface area contributed by atoms with Gasteiger partial charge < -0.3 is 5.73 Å². The Kier molecular flexibility index (Phi) is 3.13. The van der Waals surface area contributed by atoms with Crippen molar-refractivity contribution in [1.82, 2.24) is 19.8 Å². The van der Waals surface area contributed by atoms with Gasteiger partial charge in [-0.3, -0.25) is 4.79 Å². The predicted octanol–water partition coefficient (Wildman–Crippen LogP) is 2.46. The summed E-state index contributed by atoms with van der Waals surface area (Å²) in [5, 5.41) is 13.2. The number of aromatic nitrogens is 4. The van der Waals surface area contributed by atoms with Crippen molar-refractivity contribution in [2.24, 2.45) is 0 Å². The Morgan fingerprint density at radius 2 is 1.74 bits per heavy atom. The Labute approximate surface area is 134 Å². The maximum atomic E-state index is 12.6. The largest absolute Gasteiger partial charge is 0.399 e. The smallest absolute Gasteiger partial charge is 0.302 e. The van der Waals surface area contributed by atoms with Crippen LogP contribution in [0.5, 0.6) is 0 Å². The standard InChI is InChI=1S/C16H11N5OS/c17-12-8-4-7-11(9-12)14-20-21-15(22)13(18-19-16(21)23-14)10-5-2-1-3-6-10/h1-9H,17H2. The van der Waals surface area contributed by atoms with Crippen molar-refractivity contribution in [3.63, 3.8) is 0 Å². The van der Waals surface area contributed by atoms with Gasteiger partial charge in [-0.15, -0.1) is 10.2 Å². The van der Waals surface area contributed by atoms with E-state index >= 15 is 0 Å². The van der Waals surface area contributed by atoms with Gasteiger partial charge in [0.15, 0.2) is 5.69 Å². The second-order valence-corrected chi connectivity index (χ2v) is 5.90. The summed E-state index contributed by atoms with van der Waals surface area (Å²) >= 11 is 1.30. The van der Waals surface area contributed by atoms with E-state index in [0.717, 1.165) is 11.1 Å². The quantitative estimate of drug-likeness (QED) is 0.573. The Morgan fingerprint density at radius 3 is 2.52 bits per heavy atom. The van der Waals surface area contributed by atoms with E-state index in [0.29, 0.717) is 15.7 Å². The second kappa shape index (κ2) is 5.29. The molecule has 0 bridgehead atoms. The van der Waals surface area contributed by atoms with E-state index in [1.807, 2.05) is 48.5 Å². The monoisotopic (exact) mass is 321 g/mol. The molecule has 2 N–H and O–H groups in total. The summed E-state index contributed by atoms with van der Waals surface area (Å²) in [6, 6.07) is 16.6. The Bertz CT molecular complexity index is 1050. The fraction of sp³-hybridized carbons (Fsp3) is 0. The first-order valence-electron chi connectivity index (χ1n) is 6.90. The number of nitrogens with zero attached hydrogens (tertiary/aromatic N) is 4. The zero-order valence-corrected chi connectivity index (χ0v) is 12.7. The van der Waals surface area contributed by atoms with Crippen LogP contribution in [0.2, 0.25) is 0 Å². The molecule has 4 rings (SSSR count). The van der Waals surface area contributed by atoms with E-state index in [1.165, 1.54) is 15.9 Å². The average molecular weight is 321 g/mol. The van der Waals surface area contributed by atoms with Crippen LogP contribution in [0, 0.1) is 0 Å². The van der Waals surface area contributed by atoms with E-state index in [2.05, 4.69) is 15.3 Å². The minimum absolute atomic E-state index is 0.285. The third-order valence-electron chi connectivity index (χ3n) is 3.37. The molecule has 0 aliphatic heterocycles. The van der Waals surface area contributed by atoms with Gasteiger partial charge >= 0.3 is 5.56 Å². The fourth-order valence-corrected chi connectivity index (χ4v) is 3.11. The lowest BCUT2D eigenvalue weighted by molar-refractivity contribution is 0.862. The molecule has 7 heteroatoms. The molecule has 2 aromatic carbocycles. The van der Waals surface area contributed by atoms with Crippen molar-refractivity contribution in [3.8, 4) is 21.8 Å². The lowest BCUT2D eigenvalue weighted by Crippen LogP contribution is -2.19. The lowest BCUT2D eigenvalue weighted by atomic mass is 10.2. The van der Waals surface area contributed by atoms with Gasteiger partial charge in [0.05, 0.1) is 0 Å². The minimum Gasteiger partial charge on any atom is -0.399 e. The summed E-state index contributed by atoms with van der Waals surface area (Å²) in [5.41, 5.74) is 8.01. The summed E-state index contributed by atoms with van der Waals surface area (Å²) in [6.07, 6.45) is 0. The van der Waals surface area contributed by atoms with Gasteiger partial charge in [0.1, 0.15) is 5.01 Å². The van der Waals surface area contributed by atoms with Gasteiger partial charge in [-0.25, -0.2) is 0 Å². The second-order valence-electron chi connectivity index (χ2n) is 4.95. The van der Waals surface area contributed by atoms with Crippen molar-refractivity contribution in [2.75, 3.05) is 5.73 Å². The van der Waals surface area contributed by atoms with Crippen LogP contribution in [0.3, 0.4) is 0 Å². The number of hydrogen-bond donors (Lipinski definition) is 1. The number of hydrogen-bond acceptors (Lipinski definition) is 6. The van der Waals surface area contributed by atoms with E-state index in [4.69, 9.17) is 5.73 Å². The van der Waals surface area contributed by atoms with Crippen LogP contribution in [0.1, 0.15) is 0 Å². The minimum atomic E-state index is -0.285. The van der Waals surface area contributed by atoms with Gasteiger partial charge in [-0.2, -0.15) is 9.61 Å². The average Bonchev–Trinajstić information content (AvgIpc) is 3.01. The summed E-state index contributed by atoms with van der Waals surface area (Å²) in [4.78, 5) is 13.1. The van der Waals surface area contributed by atoms with Gasteiger partial charge in [0.25, 0.3) is 0 Å². The van der Waals surface area contributed by atoms with Crippen LogP contribution in [-0.4, -0.2) is 19.8 Å². The van der Waals surface area contributed by atoms with Crippen LogP contribution in [0.25, 0.3) is 26.8 Å². The molecule has 0 saturated carbocycles. The van der Waals surface area contributed by atoms with Gasteiger partial charge in [0, 0.05) is 16.8 Å². The molecule has 23 heavy (non-hydrogen) atoms. The highest BCUT2D eigenvalue weighted by molar-refractivity contribution is 7.19. The first kappa shape index (κ1) is 13.6. The molecule has 6 nitrogen and oxygen atoms in total. The molecule has 0 aliphatic carbocycles. The lowest BCUT2D eigenvalue weighted by Gasteiger charge is -1.98. The summed E-state index contributed by atoms with van der Waals surface area (Å²) in [6.45, 7) is 0. The highest BCUT2D eigenvalue weighted by atomic mass is 32.1. The summed E-state index contributed by atoms with van der Waals surface area (Å²) < 4.78 is 1.29. The molecule has 0 unspecified atom stereocenters. The topological polar surface area (TPSA) is 86.2 Å². The van der Waals surface area contributed by atoms with E-state index < -0.39 is 0 Å². The van der Waals surface area contributed by atoms with Crippen LogP contribution in [-0.2, 0) is 0 Å². The van der Waals surface area contributed by atoms with Crippen molar-refractivity contribution in [3.05, 3.63) is 65.0 Å². The predicted molar refractivity (Wildman–Crippen MR) is 90.2 cm³/mol. The third-order valence-corrected chi connectivity index (χ3v) is 4.32. The number of anilines is 1. The molecule has 0 amide bonds. The van der Waals surface area contributed by atoms with Gasteiger partial charge in [0.2, 0.25) is 4.96 Å². The van der Waals surface area contributed by atoms with Crippen molar-refractivity contribution >= 4 is 22.0 Å². The normalized spacial score (nSPS) is 11.0. The van der Waals surface area contributed by atoms with Gasteiger partial charge in [-0.05, 0) is 12.1 Å². The highest BCUT2D eigenvalue weighted by Gasteiger charge is 2.14. The Hall–Kier alpha value is -3.06. The summed E-state index contributed by atoms with van der Waals surface area (Å²) in [7, 11) is 0. The number of rotatable bonds is 2. The van der Waals surface area contributed by atoms with E-state index in [-0.39, 0.29) is 11.3 Å². The zero-order valence-electron chi connectivity index (χ0n) is 11.9. The van der Waals surface area contributed by atoms with Crippen LogP contribution in [0.15, 0.2) is 59.4 Å². The molecule has 0 fully saturated rings. The van der Waals surface area contributed by atoms with Crippen molar-refractivity contribution in [1.29, 1.82) is 0 Å². The number of fused-ring (bicyclic) bond motifs is 1. The zero-order chi connectivity index (χ0) is 15.8. The molecular weight excluding hydrogens is 310 g/mol. The third kappa shape index (κ3) is 2.36. The molecule has 2 aromatic heterocycles. The van der Waals surface area contributed by atoms with E-state index in [1.54, 1.807) is 6.07 Å². The van der Waals surface area contributed by atoms with E-state index in [9.17, 15) is 4.79 Å². The van der Waals surface area contributed by atoms with Crippen molar-refractivity contribution in [2.45, 2.75) is 0 Å². The maximum absolute atomic E-state index is 12.6. The molecule has 2 heterocycles. The molecule has 0 saturated heterocycles. The number of nitrogens with two attached hydrogens (primary N) is 1. The molecule has 112 valence electrons. The maximum Gasteiger partial charge on any atom is 0.302 e. The molecule has 0 atom stereocenters. The van der Waals surface area contributed by atoms with Crippen LogP contribution >= 0.6 is 11.3 Å². The number of nitrogen functional groups attached to an aromatic ring is 1. The Morgan fingerprint density at radius 1 is 0.957 bits per heavy atom. The van der Waals surface area contributed by atoms with Crippen molar-refractivity contribution < 1.29 is 0 Å². The highest BCUT2D eigenvalue weighted by Crippen LogP contribution is 2.25. The molecule has 0 spiro atoms. The fourth-order valence-electron chi connectivity index (χ4n) is 2.28. The first-order valence-corrected chi connectivity index (χ1v) is 7.72.